The number of hydrogen-bond donors (Lipinski definition) is 2. The Hall–Kier alpha value is -1.75. The number of imidazole rings is 1. The zero-order valence-electron chi connectivity index (χ0n) is 9.21. The van der Waals surface area contributed by atoms with Crippen LogP contribution in [0, 0.1) is 11.6 Å². The number of H-pyrrole nitrogens is 1. The molecule has 0 fully saturated rings. The maximum atomic E-state index is 13.3. The second kappa shape index (κ2) is 5.54. The Morgan fingerprint density at radius 1 is 1.24 bits per heavy atom. The summed E-state index contributed by atoms with van der Waals surface area (Å²) in [4.78, 5) is 7.01. The second-order valence-electron chi connectivity index (χ2n) is 3.66. The summed E-state index contributed by atoms with van der Waals surface area (Å²) in [5, 5.41) is 2.98. The summed E-state index contributed by atoms with van der Waals surface area (Å²) in [6, 6.07) is 3.87. The lowest BCUT2D eigenvalue weighted by atomic mass is 10.2. The lowest BCUT2D eigenvalue weighted by Crippen LogP contribution is -2.18. The van der Waals surface area contributed by atoms with Gasteiger partial charge in [0.15, 0.2) is 0 Å². The molecule has 5 heteroatoms. The van der Waals surface area contributed by atoms with Crippen LogP contribution in [0.2, 0.25) is 0 Å². The maximum absolute atomic E-state index is 13.3. The maximum Gasteiger partial charge on any atom is 0.130 e. The molecule has 1 aromatic heterocycles. The first kappa shape index (κ1) is 11.7. The molecule has 0 aliphatic carbocycles. The van der Waals surface area contributed by atoms with Gasteiger partial charge < -0.3 is 10.3 Å². The number of nitrogens with one attached hydrogen (secondary N) is 2. The average molecular weight is 237 g/mol. The van der Waals surface area contributed by atoms with E-state index in [0.29, 0.717) is 13.0 Å². The highest BCUT2D eigenvalue weighted by Gasteiger charge is 2.07. The van der Waals surface area contributed by atoms with E-state index in [0.717, 1.165) is 5.82 Å². The van der Waals surface area contributed by atoms with Crippen molar-refractivity contribution in [3.05, 3.63) is 53.6 Å². The zero-order valence-corrected chi connectivity index (χ0v) is 9.21. The molecule has 90 valence electrons. The average Bonchev–Trinajstić information content (AvgIpc) is 2.80. The van der Waals surface area contributed by atoms with Gasteiger partial charge in [-0.25, -0.2) is 13.8 Å². The van der Waals surface area contributed by atoms with Crippen LogP contribution < -0.4 is 5.32 Å². The van der Waals surface area contributed by atoms with Crippen molar-refractivity contribution in [3.63, 3.8) is 0 Å². The summed E-state index contributed by atoms with van der Waals surface area (Å²) in [5.41, 5.74) is 0.0759. The Bertz CT molecular complexity index is 448. The number of rotatable bonds is 5. The third-order valence-corrected chi connectivity index (χ3v) is 2.46. The van der Waals surface area contributed by atoms with Crippen molar-refractivity contribution in [2.24, 2.45) is 0 Å². The minimum Gasteiger partial charge on any atom is -0.349 e. The molecular weight excluding hydrogens is 224 g/mol. The fraction of sp³-hybridized carbons (Fsp3) is 0.250. The van der Waals surface area contributed by atoms with Gasteiger partial charge in [-0.2, -0.15) is 0 Å². The van der Waals surface area contributed by atoms with Crippen molar-refractivity contribution in [1.82, 2.24) is 15.3 Å². The van der Waals surface area contributed by atoms with Crippen molar-refractivity contribution >= 4 is 0 Å². The van der Waals surface area contributed by atoms with Gasteiger partial charge in [0.2, 0.25) is 0 Å². The molecule has 1 heterocycles. The van der Waals surface area contributed by atoms with Crippen molar-refractivity contribution in [3.8, 4) is 0 Å². The number of aromatic amines is 1. The van der Waals surface area contributed by atoms with Gasteiger partial charge >= 0.3 is 0 Å². The van der Waals surface area contributed by atoms with E-state index in [2.05, 4.69) is 15.3 Å². The predicted molar refractivity (Wildman–Crippen MR) is 60.4 cm³/mol. The van der Waals surface area contributed by atoms with Crippen LogP contribution in [0.3, 0.4) is 0 Å². The SMILES string of the molecule is Fc1cccc(F)c1CNCCc1ncc[nH]1. The molecule has 0 radical (unpaired) electrons. The normalized spacial score (nSPS) is 10.7. The van der Waals surface area contributed by atoms with Gasteiger partial charge in [-0.15, -0.1) is 0 Å². The minimum atomic E-state index is -0.518. The molecule has 0 bridgehead atoms. The van der Waals surface area contributed by atoms with Gasteiger partial charge in [0.25, 0.3) is 0 Å². The monoisotopic (exact) mass is 237 g/mol. The topological polar surface area (TPSA) is 40.7 Å². The Balaban J connectivity index is 1.82. The summed E-state index contributed by atoms with van der Waals surface area (Å²) in [6.07, 6.45) is 4.11. The highest BCUT2D eigenvalue weighted by molar-refractivity contribution is 5.19. The van der Waals surface area contributed by atoms with Crippen molar-refractivity contribution in [2.75, 3.05) is 6.54 Å². The van der Waals surface area contributed by atoms with Crippen LogP contribution in [0.15, 0.2) is 30.6 Å². The fourth-order valence-corrected chi connectivity index (χ4v) is 1.56. The Labute approximate surface area is 97.9 Å². The van der Waals surface area contributed by atoms with E-state index in [-0.39, 0.29) is 12.1 Å². The standard InChI is InChI=1S/C12H13F2N3/c13-10-2-1-3-11(14)9(10)8-15-5-4-12-16-6-7-17-12/h1-3,6-7,15H,4-5,8H2,(H,16,17). The van der Waals surface area contributed by atoms with Crippen LogP contribution in [0.1, 0.15) is 11.4 Å². The van der Waals surface area contributed by atoms with Gasteiger partial charge in [0.1, 0.15) is 17.5 Å². The van der Waals surface area contributed by atoms with Crippen LogP contribution in [-0.4, -0.2) is 16.5 Å². The molecule has 0 atom stereocenters. The van der Waals surface area contributed by atoms with Gasteiger partial charge in [-0.3, -0.25) is 0 Å². The van der Waals surface area contributed by atoms with E-state index in [1.54, 1.807) is 12.4 Å². The molecule has 17 heavy (non-hydrogen) atoms. The van der Waals surface area contributed by atoms with E-state index in [9.17, 15) is 8.78 Å². The van der Waals surface area contributed by atoms with Crippen LogP contribution >= 0.6 is 0 Å². The number of benzene rings is 1. The number of nitrogens with zero attached hydrogens (tertiary/aromatic N) is 1. The third-order valence-electron chi connectivity index (χ3n) is 2.46. The molecule has 0 unspecified atom stereocenters. The van der Waals surface area contributed by atoms with Gasteiger partial charge in [-0.05, 0) is 12.1 Å². The lowest BCUT2D eigenvalue weighted by molar-refractivity contribution is 0.535. The summed E-state index contributed by atoms with van der Waals surface area (Å²) < 4.78 is 26.5. The zero-order chi connectivity index (χ0) is 12.1. The molecule has 0 aliphatic rings. The number of aromatic nitrogens is 2. The summed E-state index contributed by atoms with van der Waals surface area (Å²) in [7, 11) is 0. The molecule has 0 saturated carbocycles. The van der Waals surface area contributed by atoms with E-state index < -0.39 is 11.6 Å². The molecule has 0 aliphatic heterocycles. The number of hydrogen-bond acceptors (Lipinski definition) is 2. The van der Waals surface area contributed by atoms with Gasteiger partial charge in [-0.1, -0.05) is 6.07 Å². The smallest absolute Gasteiger partial charge is 0.130 e. The van der Waals surface area contributed by atoms with E-state index in [1.807, 2.05) is 0 Å². The Morgan fingerprint density at radius 3 is 2.65 bits per heavy atom. The predicted octanol–water partition coefficient (Wildman–Crippen LogP) is 2.02. The van der Waals surface area contributed by atoms with Crippen molar-refractivity contribution < 1.29 is 8.78 Å². The summed E-state index contributed by atoms with van der Waals surface area (Å²) >= 11 is 0. The molecule has 0 saturated heterocycles. The van der Waals surface area contributed by atoms with Crippen LogP contribution in [0.4, 0.5) is 8.78 Å². The van der Waals surface area contributed by atoms with Crippen molar-refractivity contribution in [2.45, 2.75) is 13.0 Å². The summed E-state index contributed by atoms with van der Waals surface area (Å²) in [5.74, 6) is -0.183. The molecule has 2 aromatic rings. The molecule has 2 N–H and O–H groups in total. The molecule has 3 nitrogen and oxygen atoms in total. The molecular formula is C12H13F2N3. The van der Waals surface area contributed by atoms with E-state index in [1.165, 1.54) is 18.2 Å². The molecule has 2 rings (SSSR count). The molecule has 1 aromatic carbocycles. The summed E-state index contributed by atoms with van der Waals surface area (Å²) in [6.45, 7) is 0.792. The van der Waals surface area contributed by atoms with E-state index >= 15 is 0 Å². The van der Waals surface area contributed by atoms with Gasteiger partial charge in [0, 0.05) is 37.5 Å². The molecule has 0 amide bonds. The highest BCUT2D eigenvalue weighted by atomic mass is 19.1. The first-order valence-corrected chi connectivity index (χ1v) is 5.39. The largest absolute Gasteiger partial charge is 0.349 e. The first-order valence-electron chi connectivity index (χ1n) is 5.39. The Kier molecular flexibility index (Phi) is 3.82. The second-order valence-corrected chi connectivity index (χ2v) is 3.66. The molecule has 0 spiro atoms. The first-order chi connectivity index (χ1) is 8.27. The minimum absolute atomic E-state index is 0.0759. The van der Waals surface area contributed by atoms with E-state index in [4.69, 9.17) is 0 Å². The third kappa shape index (κ3) is 3.10. The Morgan fingerprint density at radius 2 is 2.00 bits per heavy atom. The number of halogens is 2. The highest BCUT2D eigenvalue weighted by Crippen LogP contribution is 2.11. The van der Waals surface area contributed by atoms with Crippen LogP contribution in [0.5, 0.6) is 0 Å². The lowest BCUT2D eigenvalue weighted by Gasteiger charge is -2.06. The quantitative estimate of drug-likeness (QED) is 0.781. The van der Waals surface area contributed by atoms with Crippen LogP contribution in [-0.2, 0) is 13.0 Å². The fourth-order valence-electron chi connectivity index (χ4n) is 1.56. The van der Waals surface area contributed by atoms with Gasteiger partial charge in [0.05, 0.1) is 0 Å². The van der Waals surface area contributed by atoms with Crippen LogP contribution in [0.25, 0.3) is 0 Å². The van der Waals surface area contributed by atoms with Crippen molar-refractivity contribution in [1.29, 1.82) is 0 Å².